The van der Waals surface area contributed by atoms with Crippen molar-refractivity contribution in [3.05, 3.63) is 46.8 Å². The smallest absolute Gasteiger partial charge is 0.225 e. The SMILES string of the molecule is COc1ccc(CC(=O)NCc2cc(C)nc(N3CCCC3)n2)cc1C. The second kappa shape index (κ2) is 8.17. The Morgan fingerprint density at radius 3 is 2.65 bits per heavy atom. The number of hydrogen-bond donors (Lipinski definition) is 1. The zero-order chi connectivity index (χ0) is 18.5. The number of amides is 1. The minimum Gasteiger partial charge on any atom is -0.496 e. The van der Waals surface area contributed by atoms with Gasteiger partial charge in [0.1, 0.15) is 5.75 Å². The molecule has 3 rings (SSSR count). The molecular formula is C20H26N4O2. The maximum Gasteiger partial charge on any atom is 0.225 e. The zero-order valence-electron chi connectivity index (χ0n) is 15.7. The Kier molecular flexibility index (Phi) is 5.71. The molecule has 0 spiro atoms. The number of hydrogen-bond acceptors (Lipinski definition) is 5. The van der Waals surface area contributed by atoms with Crippen molar-refractivity contribution in [1.82, 2.24) is 15.3 Å². The molecule has 1 aromatic carbocycles. The van der Waals surface area contributed by atoms with E-state index < -0.39 is 0 Å². The summed E-state index contributed by atoms with van der Waals surface area (Å²) in [6, 6.07) is 7.73. The predicted octanol–water partition coefficient (Wildman–Crippen LogP) is 2.56. The van der Waals surface area contributed by atoms with Crippen LogP contribution in [0.25, 0.3) is 0 Å². The van der Waals surface area contributed by atoms with E-state index >= 15 is 0 Å². The van der Waals surface area contributed by atoms with Crippen molar-refractivity contribution >= 4 is 11.9 Å². The van der Waals surface area contributed by atoms with Gasteiger partial charge in [-0.25, -0.2) is 9.97 Å². The topological polar surface area (TPSA) is 67.3 Å². The van der Waals surface area contributed by atoms with Crippen LogP contribution < -0.4 is 15.0 Å². The fraction of sp³-hybridized carbons (Fsp3) is 0.450. The first kappa shape index (κ1) is 18.2. The predicted molar refractivity (Wildman–Crippen MR) is 101 cm³/mol. The van der Waals surface area contributed by atoms with Gasteiger partial charge < -0.3 is 15.0 Å². The minimum absolute atomic E-state index is 0.0199. The molecule has 6 nitrogen and oxygen atoms in total. The molecule has 0 atom stereocenters. The Hall–Kier alpha value is -2.63. The van der Waals surface area contributed by atoms with Gasteiger partial charge >= 0.3 is 0 Å². The van der Waals surface area contributed by atoms with Gasteiger partial charge in [0, 0.05) is 18.8 Å². The first-order valence-corrected chi connectivity index (χ1v) is 9.05. The van der Waals surface area contributed by atoms with Crippen LogP contribution >= 0.6 is 0 Å². The Labute approximate surface area is 154 Å². The lowest BCUT2D eigenvalue weighted by atomic mass is 10.1. The molecule has 0 unspecified atom stereocenters. The van der Waals surface area contributed by atoms with E-state index in [2.05, 4.69) is 20.2 Å². The van der Waals surface area contributed by atoms with Crippen LogP contribution in [0.15, 0.2) is 24.3 Å². The number of methoxy groups -OCH3 is 1. The Balaban J connectivity index is 1.59. The van der Waals surface area contributed by atoms with E-state index in [4.69, 9.17) is 4.74 Å². The molecule has 0 radical (unpaired) electrons. The summed E-state index contributed by atoms with van der Waals surface area (Å²) in [5.41, 5.74) is 3.77. The molecule has 26 heavy (non-hydrogen) atoms. The van der Waals surface area contributed by atoms with Gasteiger partial charge in [0.2, 0.25) is 11.9 Å². The van der Waals surface area contributed by atoms with Crippen LogP contribution in [-0.2, 0) is 17.8 Å². The molecule has 1 fully saturated rings. The van der Waals surface area contributed by atoms with Gasteiger partial charge in [0.25, 0.3) is 0 Å². The molecular weight excluding hydrogens is 328 g/mol. The second-order valence-corrected chi connectivity index (χ2v) is 6.75. The highest BCUT2D eigenvalue weighted by Gasteiger charge is 2.16. The molecule has 2 heterocycles. The van der Waals surface area contributed by atoms with Crippen molar-refractivity contribution in [3.63, 3.8) is 0 Å². The van der Waals surface area contributed by atoms with E-state index in [0.29, 0.717) is 13.0 Å². The summed E-state index contributed by atoms with van der Waals surface area (Å²) in [5.74, 6) is 1.59. The standard InChI is InChI=1S/C20H26N4O2/c1-14-10-16(6-7-18(14)26-3)12-19(25)21-13-17-11-15(2)22-20(23-17)24-8-4-5-9-24/h6-7,10-11H,4-5,8-9,12-13H2,1-3H3,(H,21,25). The lowest BCUT2D eigenvalue weighted by molar-refractivity contribution is -0.120. The molecule has 0 aliphatic carbocycles. The van der Waals surface area contributed by atoms with Crippen molar-refractivity contribution in [2.45, 2.75) is 39.7 Å². The summed E-state index contributed by atoms with van der Waals surface area (Å²) in [4.78, 5) is 23.6. The number of nitrogens with zero attached hydrogens (tertiary/aromatic N) is 3. The first-order chi connectivity index (χ1) is 12.5. The van der Waals surface area contributed by atoms with Gasteiger partial charge in [-0.3, -0.25) is 4.79 Å². The summed E-state index contributed by atoms with van der Waals surface area (Å²) in [6.45, 7) is 6.37. The van der Waals surface area contributed by atoms with Crippen LogP contribution in [0.2, 0.25) is 0 Å². The molecule has 0 bridgehead atoms. The summed E-state index contributed by atoms with van der Waals surface area (Å²) >= 11 is 0. The highest BCUT2D eigenvalue weighted by Crippen LogP contribution is 2.19. The van der Waals surface area contributed by atoms with Crippen LogP contribution in [-0.4, -0.2) is 36.1 Å². The number of carbonyl (C=O) groups excluding carboxylic acids is 1. The van der Waals surface area contributed by atoms with Crippen molar-refractivity contribution in [3.8, 4) is 5.75 Å². The van der Waals surface area contributed by atoms with E-state index in [1.807, 2.05) is 38.1 Å². The highest BCUT2D eigenvalue weighted by atomic mass is 16.5. The van der Waals surface area contributed by atoms with Gasteiger partial charge in [-0.1, -0.05) is 12.1 Å². The lowest BCUT2D eigenvalue weighted by Gasteiger charge is -2.16. The van der Waals surface area contributed by atoms with Gasteiger partial charge in [-0.2, -0.15) is 0 Å². The van der Waals surface area contributed by atoms with Crippen molar-refractivity contribution in [2.75, 3.05) is 25.1 Å². The molecule has 138 valence electrons. The summed E-state index contributed by atoms with van der Waals surface area (Å²) < 4.78 is 5.26. The van der Waals surface area contributed by atoms with Crippen molar-refractivity contribution in [2.24, 2.45) is 0 Å². The minimum atomic E-state index is -0.0199. The number of carbonyl (C=O) groups is 1. The van der Waals surface area contributed by atoms with E-state index in [-0.39, 0.29) is 5.91 Å². The third-order valence-electron chi connectivity index (χ3n) is 4.57. The normalized spacial score (nSPS) is 13.7. The second-order valence-electron chi connectivity index (χ2n) is 6.75. The molecule has 1 aromatic heterocycles. The summed E-state index contributed by atoms with van der Waals surface area (Å²) in [5, 5.41) is 2.96. The molecule has 1 aliphatic heterocycles. The van der Waals surface area contributed by atoms with Gasteiger partial charge in [0.05, 0.1) is 25.8 Å². The van der Waals surface area contributed by atoms with E-state index in [9.17, 15) is 4.79 Å². The zero-order valence-corrected chi connectivity index (χ0v) is 15.7. The van der Waals surface area contributed by atoms with Crippen molar-refractivity contribution in [1.29, 1.82) is 0 Å². The maximum absolute atomic E-state index is 12.3. The molecule has 6 heteroatoms. The van der Waals surface area contributed by atoms with Gasteiger partial charge in [0.15, 0.2) is 0 Å². The Morgan fingerprint density at radius 2 is 1.96 bits per heavy atom. The van der Waals surface area contributed by atoms with Crippen LogP contribution in [0, 0.1) is 13.8 Å². The Morgan fingerprint density at radius 1 is 1.19 bits per heavy atom. The number of ether oxygens (including phenoxy) is 1. The third-order valence-corrected chi connectivity index (χ3v) is 4.57. The van der Waals surface area contributed by atoms with Gasteiger partial charge in [-0.15, -0.1) is 0 Å². The van der Waals surface area contributed by atoms with Crippen LogP contribution in [0.4, 0.5) is 5.95 Å². The molecule has 1 amide bonds. The summed E-state index contributed by atoms with van der Waals surface area (Å²) in [7, 11) is 1.65. The molecule has 1 aliphatic rings. The van der Waals surface area contributed by atoms with E-state index in [1.54, 1.807) is 7.11 Å². The largest absolute Gasteiger partial charge is 0.496 e. The number of benzene rings is 1. The van der Waals surface area contributed by atoms with Gasteiger partial charge in [-0.05, 0) is 49.9 Å². The van der Waals surface area contributed by atoms with Crippen LogP contribution in [0.1, 0.15) is 35.4 Å². The average molecular weight is 354 g/mol. The Bertz CT molecular complexity index is 785. The number of anilines is 1. The number of rotatable bonds is 6. The molecule has 0 saturated carbocycles. The average Bonchev–Trinajstić information content (AvgIpc) is 3.14. The van der Waals surface area contributed by atoms with Crippen LogP contribution in [0.5, 0.6) is 5.75 Å². The maximum atomic E-state index is 12.3. The highest BCUT2D eigenvalue weighted by molar-refractivity contribution is 5.78. The van der Waals surface area contributed by atoms with E-state index in [1.165, 1.54) is 12.8 Å². The van der Waals surface area contributed by atoms with E-state index in [0.717, 1.165) is 47.3 Å². The summed E-state index contributed by atoms with van der Waals surface area (Å²) in [6.07, 6.45) is 2.71. The molecule has 1 saturated heterocycles. The van der Waals surface area contributed by atoms with Crippen molar-refractivity contribution < 1.29 is 9.53 Å². The molecule has 1 N–H and O–H groups in total. The number of aromatic nitrogens is 2. The molecule has 2 aromatic rings. The van der Waals surface area contributed by atoms with Crippen LogP contribution in [0.3, 0.4) is 0 Å². The monoisotopic (exact) mass is 354 g/mol. The third kappa shape index (κ3) is 4.50. The fourth-order valence-electron chi connectivity index (χ4n) is 3.25. The number of nitrogens with one attached hydrogen (secondary N) is 1. The first-order valence-electron chi connectivity index (χ1n) is 9.05. The quantitative estimate of drug-likeness (QED) is 0.863. The number of aryl methyl sites for hydroxylation is 2. The fourth-order valence-corrected chi connectivity index (χ4v) is 3.25. The lowest BCUT2D eigenvalue weighted by Crippen LogP contribution is -2.26.